The summed E-state index contributed by atoms with van der Waals surface area (Å²) in [6, 6.07) is 9.61. The molecule has 0 atom stereocenters. The van der Waals surface area contributed by atoms with Crippen molar-refractivity contribution in [2.75, 3.05) is 12.0 Å². The predicted octanol–water partition coefficient (Wildman–Crippen LogP) is 3.70. The lowest BCUT2D eigenvalue weighted by Gasteiger charge is -2.08. The Kier molecular flexibility index (Phi) is 4.27. The van der Waals surface area contributed by atoms with Crippen LogP contribution in [-0.2, 0) is 0 Å². The van der Waals surface area contributed by atoms with Crippen LogP contribution in [0.4, 0.5) is 5.82 Å². The zero-order valence-electron chi connectivity index (χ0n) is 11.3. The first-order valence-corrected chi connectivity index (χ1v) is 7.27. The zero-order chi connectivity index (χ0) is 13.8. The van der Waals surface area contributed by atoms with Gasteiger partial charge in [-0.2, -0.15) is 4.98 Å². The maximum Gasteiger partial charge on any atom is 0.225 e. The normalized spacial score (nSPS) is 10.7. The van der Waals surface area contributed by atoms with E-state index in [1.165, 1.54) is 17.3 Å². The Morgan fingerprint density at radius 3 is 2.42 bits per heavy atom. The third kappa shape index (κ3) is 3.61. The Morgan fingerprint density at radius 1 is 1.16 bits per heavy atom. The highest BCUT2D eigenvalue weighted by atomic mass is 32.2. The van der Waals surface area contributed by atoms with Gasteiger partial charge in [-0.25, -0.2) is 4.98 Å². The van der Waals surface area contributed by atoms with E-state index in [9.17, 15) is 0 Å². The molecule has 1 heterocycles. The number of thioether (sulfide) groups is 1. The van der Waals surface area contributed by atoms with Crippen molar-refractivity contribution in [3.05, 3.63) is 35.9 Å². The van der Waals surface area contributed by atoms with E-state index in [4.69, 9.17) is 10.5 Å². The first-order chi connectivity index (χ1) is 9.08. The van der Waals surface area contributed by atoms with Crippen molar-refractivity contribution in [3.8, 4) is 11.6 Å². The van der Waals surface area contributed by atoms with Gasteiger partial charge in [0.25, 0.3) is 0 Å². The molecule has 0 fully saturated rings. The number of hydrogen-bond donors (Lipinski definition) is 1. The van der Waals surface area contributed by atoms with Gasteiger partial charge in [-0.05, 0) is 29.9 Å². The molecule has 5 heteroatoms. The Labute approximate surface area is 117 Å². The van der Waals surface area contributed by atoms with E-state index in [-0.39, 0.29) is 0 Å². The smallest absolute Gasteiger partial charge is 0.225 e. The monoisotopic (exact) mass is 275 g/mol. The highest BCUT2D eigenvalue weighted by Gasteiger charge is 2.05. The second kappa shape index (κ2) is 5.93. The molecule has 1 aromatic carbocycles. The van der Waals surface area contributed by atoms with Crippen LogP contribution in [0.1, 0.15) is 25.3 Å². The summed E-state index contributed by atoms with van der Waals surface area (Å²) in [4.78, 5) is 8.34. The van der Waals surface area contributed by atoms with Gasteiger partial charge in [0.2, 0.25) is 5.88 Å². The first kappa shape index (κ1) is 13.7. The van der Waals surface area contributed by atoms with Crippen LogP contribution in [0.15, 0.2) is 35.5 Å². The third-order valence-corrected chi connectivity index (χ3v) is 3.20. The van der Waals surface area contributed by atoms with Crippen molar-refractivity contribution in [1.82, 2.24) is 9.97 Å². The van der Waals surface area contributed by atoms with Crippen LogP contribution >= 0.6 is 11.8 Å². The summed E-state index contributed by atoms with van der Waals surface area (Å²) < 4.78 is 5.69. The molecule has 0 aliphatic heterocycles. The van der Waals surface area contributed by atoms with E-state index in [1.54, 1.807) is 6.07 Å². The van der Waals surface area contributed by atoms with Crippen LogP contribution in [0.2, 0.25) is 0 Å². The molecule has 0 amide bonds. The number of benzene rings is 1. The van der Waals surface area contributed by atoms with Crippen molar-refractivity contribution in [1.29, 1.82) is 0 Å². The fourth-order valence-electron chi connectivity index (χ4n) is 1.61. The van der Waals surface area contributed by atoms with Gasteiger partial charge >= 0.3 is 0 Å². The van der Waals surface area contributed by atoms with Crippen molar-refractivity contribution in [2.45, 2.75) is 24.9 Å². The summed E-state index contributed by atoms with van der Waals surface area (Å²) in [6.07, 6.45) is 1.90. The van der Waals surface area contributed by atoms with Crippen LogP contribution in [0, 0.1) is 0 Å². The predicted molar refractivity (Wildman–Crippen MR) is 78.8 cm³/mol. The molecule has 1 aromatic heterocycles. The minimum absolute atomic E-state index is 0.410. The fourth-order valence-corrected chi connectivity index (χ4v) is 1.98. The van der Waals surface area contributed by atoms with Crippen molar-refractivity contribution >= 4 is 17.6 Å². The Hall–Kier alpha value is -1.75. The highest BCUT2D eigenvalue weighted by molar-refractivity contribution is 7.98. The second-order valence-corrected chi connectivity index (χ2v) is 5.22. The lowest BCUT2D eigenvalue weighted by molar-refractivity contribution is 0.456. The third-order valence-electron chi connectivity index (χ3n) is 2.65. The molecule has 0 saturated carbocycles. The zero-order valence-corrected chi connectivity index (χ0v) is 12.1. The van der Waals surface area contributed by atoms with E-state index >= 15 is 0 Å². The SMILES string of the molecule is CSc1nc(N)cc(Oc2ccc(C(C)C)cc2)n1. The molecule has 0 spiro atoms. The van der Waals surface area contributed by atoms with Crippen LogP contribution in [0.25, 0.3) is 0 Å². The maximum absolute atomic E-state index is 5.71. The van der Waals surface area contributed by atoms with Gasteiger partial charge in [-0.1, -0.05) is 37.7 Å². The molecule has 2 rings (SSSR count). The van der Waals surface area contributed by atoms with Gasteiger partial charge in [-0.3, -0.25) is 0 Å². The fraction of sp³-hybridized carbons (Fsp3) is 0.286. The summed E-state index contributed by atoms with van der Waals surface area (Å²) in [5.74, 6) is 2.13. The minimum atomic E-state index is 0.410. The number of nitrogens with two attached hydrogens (primary N) is 1. The molecule has 2 N–H and O–H groups in total. The van der Waals surface area contributed by atoms with E-state index in [0.717, 1.165) is 5.75 Å². The Bertz CT molecular complexity index is 555. The van der Waals surface area contributed by atoms with Crippen LogP contribution in [0.3, 0.4) is 0 Å². The second-order valence-electron chi connectivity index (χ2n) is 4.44. The standard InChI is InChI=1S/C14H17N3OS/c1-9(2)10-4-6-11(7-5-10)18-13-8-12(15)16-14(17-13)19-3/h4-9H,1-3H3,(H2,15,16,17). The average molecular weight is 275 g/mol. The molecule has 0 aliphatic carbocycles. The van der Waals surface area contributed by atoms with Gasteiger partial charge in [0.15, 0.2) is 5.16 Å². The number of ether oxygens (including phenoxy) is 1. The van der Waals surface area contributed by atoms with Crippen molar-refractivity contribution < 1.29 is 4.74 Å². The Morgan fingerprint density at radius 2 is 1.84 bits per heavy atom. The highest BCUT2D eigenvalue weighted by Crippen LogP contribution is 2.24. The quantitative estimate of drug-likeness (QED) is 0.681. The van der Waals surface area contributed by atoms with Crippen LogP contribution < -0.4 is 10.5 Å². The van der Waals surface area contributed by atoms with Gasteiger partial charge < -0.3 is 10.5 Å². The topological polar surface area (TPSA) is 61.0 Å². The van der Waals surface area contributed by atoms with E-state index in [2.05, 4.69) is 35.9 Å². The lowest BCUT2D eigenvalue weighted by Crippen LogP contribution is -1.97. The van der Waals surface area contributed by atoms with E-state index < -0.39 is 0 Å². The number of hydrogen-bond acceptors (Lipinski definition) is 5. The molecule has 0 bridgehead atoms. The van der Waals surface area contributed by atoms with Crippen molar-refractivity contribution in [3.63, 3.8) is 0 Å². The molecule has 0 aliphatic rings. The summed E-state index contributed by atoms with van der Waals surface area (Å²) in [6.45, 7) is 4.32. The van der Waals surface area contributed by atoms with Gasteiger partial charge in [0, 0.05) is 6.07 Å². The van der Waals surface area contributed by atoms with E-state index in [1.807, 2.05) is 18.4 Å². The molecule has 2 aromatic rings. The van der Waals surface area contributed by atoms with Crippen LogP contribution in [-0.4, -0.2) is 16.2 Å². The number of anilines is 1. The summed E-state index contributed by atoms with van der Waals surface area (Å²) in [5.41, 5.74) is 6.99. The van der Waals surface area contributed by atoms with Gasteiger partial charge in [-0.15, -0.1) is 0 Å². The molecule has 0 radical (unpaired) electrons. The summed E-state index contributed by atoms with van der Waals surface area (Å²) in [7, 11) is 0. The van der Waals surface area contributed by atoms with Gasteiger partial charge in [0.05, 0.1) is 0 Å². The number of aromatic nitrogens is 2. The van der Waals surface area contributed by atoms with Crippen LogP contribution in [0.5, 0.6) is 11.6 Å². The molecular weight excluding hydrogens is 258 g/mol. The minimum Gasteiger partial charge on any atom is -0.439 e. The summed E-state index contributed by atoms with van der Waals surface area (Å²) in [5, 5.41) is 0.605. The van der Waals surface area contributed by atoms with Crippen molar-refractivity contribution in [2.24, 2.45) is 0 Å². The largest absolute Gasteiger partial charge is 0.439 e. The molecule has 100 valence electrons. The number of nitrogens with zero attached hydrogens (tertiary/aromatic N) is 2. The lowest BCUT2D eigenvalue weighted by atomic mass is 10.0. The molecule has 19 heavy (non-hydrogen) atoms. The Balaban J connectivity index is 2.18. The molecule has 0 saturated heterocycles. The molecule has 0 unspecified atom stereocenters. The first-order valence-electron chi connectivity index (χ1n) is 6.05. The molecule has 4 nitrogen and oxygen atoms in total. The van der Waals surface area contributed by atoms with Gasteiger partial charge in [0.1, 0.15) is 11.6 Å². The maximum atomic E-state index is 5.71. The average Bonchev–Trinajstić information content (AvgIpc) is 2.38. The number of rotatable bonds is 4. The molecular formula is C14H17N3OS. The number of nitrogen functional groups attached to an aromatic ring is 1. The van der Waals surface area contributed by atoms with E-state index in [0.29, 0.717) is 22.8 Å². The summed E-state index contributed by atoms with van der Waals surface area (Å²) >= 11 is 1.43.